The maximum absolute atomic E-state index is 13.7. The molecular weight excluding hydrogens is 446 g/mol. The van der Waals surface area contributed by atoms with Crippen LogP contribution in [-0.4, -0.2) is 26.1 Å². The average Bonchev–Trinajstić information content (AvgIpc) is 3.48. The molecule has 8 rings (SSSR count). The van der Waals surface area contributed by atoms with E-state index in [2.05, 4.69) is 40.0 Å². The van der Waals surface area contributed by atoms with E-state index in [1.807, 2.05) is 30.5 Å². The van der Waals surface area contributed by atoms with Crippen LogP contribution in [0.3, 0.4) is 0 Å². The summed E-state index contributed by atoms with van der Waals surface area (Å²) in [6.45, 7) is 2.35. The van der Waals surface area contributed by atoms with Crippen molar-refractivity contribution in [1.29, 1.82) is 0 Å². The summed E-state index contributed by atoms with van der Waals surface area (Å²) in [6, 6.07) is 16.2. The Morgan fingerprint density at radius 2 is 1.72 bits per heavy atom. The van der Waals surface area contributed by atoms with Gasteiger partial charge in [-0.15, -0.1) is 0 Å². The molecule has 0 radical (unpaired) electrons. The minimum absolute atomic E-state index is 0.0483. The van der Waals surface area contributed by atoms with Crippen molar-refractivity contribution in [1.82, 2.24) is 14.5 Å². The average molecular weight is 476 g/mol. The number of benzene rings is 1. The van der Waals surface area contributed by atoms with Gasteiger partial charge >= 0.3 is 0 Å². The summed E-state index contributed by atoms with van der Waals surface area (Å²) in [5, 5.41) is 1.08. The fraction of sp³-hybridized carbons (Fsp3) is 0.355. The van der Waals surface area contributed by atoms with Crippen LogP contribution in [0.25, 0.3) is 22.0 Å². The molecule has 4 aliphatic carbocycles. The lowest BCUT2D eigenvalue weighted by Crippen LogP contribution is -2.68. The number of nitrogens with zero attached hydrogens (tertiary/aromatic N) is 3. The maximum atomic E-state index is 13.7. The van der Waals surface area contributed by atoms with Gasteiger partial charge in [0.25, 0.3) is 0 Å². The van der Waals surface area contributed by atoms with Crippen molar-refractivity contribution in [2.75, 3.05) is 0 Å². The fourth-order valence-electron chi connectivity index (χ4n) is 7.20. The number of rotatable bonds is 8. The van der Waals surface area contributed by atoms with Crippen molar-refractivity contribution in [3.63, 3.8) is 0 Å². The molecule has 4 saturated carbocycles. The first-order valence-electron chi connectivity index (χ1n) is 12.9. The van der Waals surface area contributed by atoms with Gasteiger partial charge in [0.1, 0.15) is 5.78 Å². The predicted octanol–water partition coefficient (Wildman–Crippen LogP) is 6.26. The van der Waals surface area contributed by atoms with Gasteiger partial charge in [-0.25, -0.2) is 0 Å². The van der Waals surface area contributed by atoms with E-state index in [9.17, 15) is 9.59 Å². The molecule has 0 spiro atoms. The van der Waals surface area contributed by atoms with Crippen molar-refractivity contribution in [2.24, 2.45) is 16.2 Å². The molecule has 0 aliphatic heterocycles. The Balaban J connectivity index is 1.13. The summed E-state index contributed by atoms with van der Waals surface area (Å²) in [6.07, 6.45) is 13.4. The van der Waals surface area contributed by atoms with E-state index in [1.54, 1.807) is 19.3 Å². The first kappa shape index (κ1) is 21.7. The highest BCUT2D eigenvalue weighted by atomic mass is 16.1. The molecule has 180 valence electrons. The van der Waals surface area contributed by atoms with Crippen molar-refractivity contribution < 1.29 is 9.59 Å². The van der Waals surface area contributed by atoms with E-state index < -0.39 is 0 Å². The molecule has 0 N–H and O–H groups in total. The lowest BCUT2D eigenvalue weighted by molar-refractivity contribution is -0.233. The minimum atomic E-state index is -0.0483. The number of hydrogen-bond donors (Lipinski definition) is 0. The molecule has 3 aromatic heterocycles. The third-order valence-corrected chi connectivity index (χ3v) is 9.51. The molecule has 2 bridgehead atoms. The molecule has 4 aliphatic rings. The second kappa shape index (κ2) is 7.45. The van der Waals surface area contributed by atoms with Gasteiger partial charge in [0.15, 0.2) is 5.78 Å². The molecule has 4 fully saturated rings. The second-order valence-corrected chi connectivity index (χ2v) is 11.5. The van der Waals surface area contributed by atoms with Crippen LogP contribution in [0, 0.1) is 16.2 Å². The van der Waals surface area contributed by atoms with E-state index in [1.165, 1.54) is 0 Å². The lowest BCUT2D eigenvalue weighted by Gasteiger charge is -2.73. The van der Waals surface area contributed by atoms with E-state index in [-0.39, 0.29) is 22.0 Å². The van der Waals surface area contributed by atoms with Gasteiger partial charge in [0.2, 0.25) is 0 Å². The topological polar surface area (TPSA) is 64.8 Å². The standard InChI is InChI=1S/C31H29N3O2/c1-21(35)29-18-31(19-29,20-29)30(10-11-30)15-27(36)26-4-2-3-23-9-14-34(28(23)26)17-25-6-5-24(16-33-25)22-7-12-32-13-8-22/h2-9,12-14,16H,10-11,15,17-20H2,1H3. The number of carbonyl (C=O) groups is 2. The van der Waals surface area contributed by atoms with Crippen LogP contribution in [0.1, 0.15) is 61.5 Å². The van der Waals surface area contributed by atoms with Crippen molar-refractivity contribution in [2.45, 2.75) is 52.0 Å². The normalized spacial score (nSPS) is 25.1. The maximum Gasteiger partial charge on any atom is 0.165 e. The minimum Gasteiger partial charge on any atom is -0.341 e. The van der Waals surface area contributed by atoms with Crippen molar-refractivity contribution >= 4 is 22.5 Å². The Morgan fingerprint density at radius 3 is 2.39 bits per heavy atom. The summed E-state index contributed by atoms with van der Waals surface area (Å²) in [5.74, 6) is 0.581. The van der Waals surface area contributed by atoms with Gasteiger partial charge in [0.05, 0.1) is 17.8 Å². The molecular formula is C31H29N3O2. The molecule has 1 aromatic carbocycles. The summed E-state index contributed by atoms with van der Waals surface area (Å²) in [4.78, 5) is 34.6. The van der Waals surface area contributed by atoms with Crippen LogP contribution in [0.4, 0.5) is 0 Å². The number of para-hydroxylation sites is 1. The third-order valence-electron chi connectivity index (χ3n) is 9.51. The van der Waals surface area contributed by atoms with Gasteiger partial charge in [0, 0.05) is 53.1 Å². The molecule has 0 unspecified atom stereocenters. The van der Waals surface area contributed by atoms with Crippen LogP contribution in [0.5, 0.6) is 0 Å². The fourth-order valence-corrected chi connectivity index (χ4v) is 7.20. The molecule has 5 nitrogen and oxygen atoms in total. The molecule has 0 saturated heterocycles. The number of Topliss-reactive ketones (excluding diaryl/α,β-unsaturated/α-hetero) is 2. The number of ketones is 2. The van der Waals surface area contributed by atoms with Crippen LogP contribution in [0.2, 0.25) is 0 Å². The second-order valence-electron chi connectivity index (χ2n) is 11.5. The molecule has 5 heteroatoms. The molecule has 36 heavy (non-hydrogen) atoms. The van der Waals surface area contributed by atoms with Crippen LogP contribution >= 0.6 is 0 Å². The summed E-state index contributed by atoms with van der Waals surface area (Å²) >= 11 is 0. The number of pyridine rings is 2. The molecule has 0 amide bonds. The van der Waals surface area contributed by atoms with Crippen molar-refractivity contribution in [3.05, 3.63) is 84.6 Å². The molecule has 3 heterocycles. The zero-order valence-electron chi connectivity index (χ0n) is 20.5. The lowest BCUT2D eigenvalue weighted by atomic mass is 9.30. The Kier molecular flexibility index (Phi) is 4.48. The highest BCUT2D eigenvalue weighted by molar-refractivity contribution is 6.07. The Hall–Kier alpha value is -3.60. The van der Waals surface area contributed by atoms with Crippen molar-refractivity contribution in [3.8, 4) is 11.1 Å². The predicted molar refractivity (Wildman–Crippen MR) is 139 cm³/mol. The van der Waals surface area contributed by atoms with E-state index >= 15 is 0 Å². The largest absolute Gasteiger partial charge is 0.341 e. The van der Waals surface area contributed by atoms with Crippen LogP contribution in [0.15, 0.2) is 73.3 Å². The van der Waals surface area contributed by atoms with E-state index in [4.69, 9.17) is 4.98 Å². The highest BCUT2D eigenvalue weighted by Crippen LogP contribution is 2.85. The van der Waals surface area contributed by atoms with Gasteiger partial charge in [-0.3, -0.25) is 19.6 Å². The quantitative estimate of drug-likeness (QED) is 0.282. The van der Waals surface area contributed by atoms with E-state index in [0.29, 0.717) is 18.7 Å². The summed E-state index contributed by atoms with van der Waals surface area (Å²) < 4.78 is 2.16. The Labute approximate surface area is 210 Å². The first-order chi connectivity index (χ1) is 17.4. The Morgan fingerprint density at radius 1 is 0.944 bits per heavy atom. The number of carbonyl (C=O) groups excluding carboxylic acids is 2. The monoisotopic (exact) mass is 475 g/mol. The van der Waals surface area contributed by atoms with Gasteiger partial charge < -0.3 is 4.57 Å². The van der Waals surface area contributed by atoms with Crippen LogP contribution < -0.4 is 0 Å². The van der Waals surface area contributed by atoms with Gasteiger partial charge in [-0.05, 0) is 85.8 Å². The van der Waals surface area contributed by atoms with E-state index in [0.717, 1.165) is 65.4 Å². The summed E-state index contributed by atoms with van der Waals surface area (Å²) in [5.41, 5.74) is 5.22. The number of hydrogen-bond acceptors (Lipinski definition) is 4. The Bertz CT molecular complexity index is 1490. The summed E-state index contributed by atoms with van der Waals surface area (Å²) in [7, 11) is 0. The highest BCUT2D eigenvalue weighted by Gasteiger charge is 2.79. The zero-order chi connectivity index (χ0) is 24.5. The number of fused-ring (bicyclic) bond motifs is 1. The molecule has 4 aromatic rings. The smallest absolute Gasteiger partial charge is 0.165 e. The SMILES string of the molecule is CC(=O)C12CC(C3(CC(=O)c4cccc5ccn(Cc6ccc(-c7ccncc7)cn6)c45)CC3)(C1)C2. The third kappa shape index (κ3) is 3.08. The van der Waals surface area contributed by atoms with Gasteiger partial charge in [-0.2, -0.15) is 0 Å². The zero-order valence-corrected chi connectivity index (χ0v) is 20.5. The van der Waals surface area contributed by atoms with Crippen LogP contribution in [-0.2, 0) is 11.3 Å². The first-order valence-corrected chi connectivity index (χ1v) is 12.9. The number of aromatic nitrogens is 3. The molecule has 0 atom stereocenters. The van der Waals surface area contributed by atoms with Gasteiger partial charge in [-0.1, -0.05) is 18.2 Å².